The van der Waals surface area contributed by atoms with E-state index < -0.39 is 0 Å². The molecule has 28 heavy (non-hydrogen) atoms. The Morgan fingerprint density at radius 2 is 1.82 bits per heavy atom. The Labute approximate surface area is 180 Å². The van der Waals surface area contributed by atoms with Gasteiger partial charge < -0.3 is 9.47 Å². The van der Waals surface area contributed by atoms with Crippen LogP contribution in [0.25, 0.3) is 6.08 Å². The maximum Gasteiger partial charge on any atom is 0.254 e. The van der Waals surface area contributed by atoms with Crippen molar-refractivity contribution in [2.24, 2.45) is 0 Å². The number of carbonyl (C=O) groups excluding carboxylic acids is 2. The highest BCUT2D eigenvalue weighted by molar-refractivity contribution is 9.10. The largest absolute Gasteiger partial charge is 0.490 e. The predicted molar refractivity (Wildman–Crippen MR) is 112 cm³/mol. The van der Waals surface area contributed by atoms with Gasteiger partial charge in [-0.2, -0.15) is 0 Å². The molecule has 2 amide bonds. The number of imide groups is 1. The van der Waals surface area contributed by atoms with Crippen LogP contribution < -0.4 is 14.8 Å². The van der Waals surface area contributed by atoms with Crippen molar-refractivity contribution in [3.63, 3.8) is 0 Å². The number of nitrogens with one attached hydrogen (secondary N) is 1. The molecule has 0 bridgehead atoms. The maximum atomic E-state index is 11.8. The van der Waals surface area contributed by atoms with E-state index in [1.165, 1.54) is 0 Å². The zero-order chi connectivity index (χ0) is 20.3. The van der Waals surface area contributed by atoms with E-state index in [1.807, 2.05) is 6.92 Å². The van der Waals surface area contributed by atoms with E-state index in [9.17, 15) is 9.59 Å². The molecule has 1 saturated heterocycles. The first-order valence-corrected chi connectivity index (χ1v) is 9.99. The number of hydrogen-bond acceptors (Lipinski definition) is 4. The molecule has 1 fully saturated rings. The maximum absolute atomic E-state index is 11.8. The average Bonchev–Trinajstić information content (AvgIpc) is 2.90. The lowest BCUT2D eigenvalue weighted by atomic mass is 10.1. The standard InChI is InChI=1S/C20H16BrCl2NO4/c1-2-27-17-7-11(3-13-8-18(25)24-20(13)26)6-16(21)19(17)28-10-12-4-14(22)9-15(23)5-12/h3-7,9H,2,8,10H2,1H3,(H,24,25,26). The summed E-state index contributed by atoms with van der Waals surface area (Å²) in [5, 5.41) is 3.32. The van der Waals surface area contributed by atoms with E-state index in [4.69, 9.17) is 32.7 Å². The Bertz CT molecular complexity index is 955. The van der Waals surface area contributed by atoms with Gasteiger partial charge in [-0.05, 0) is 70.4 Å². The van der Waals surface area contributed by atoms with Crippen LogP contribution in [0.15, 0.2) is 40.4 Å². The zero-order valence-corrected chi connectivity index (χ0v) is 18.0. The average molecular weight is 485 g/mol. The van der Waals surface area contributed by atoms with Crippen LogP contribution in [-0.4, -0.2) is 18.4 Å². The minimum Gasteiger partial charge on any atom is -0.490 e. The van der Waals surface area contributed by atoms with Crippen LogP contribution in [0, 0.1) is 0 Å². The van der Waals surface area contributed by atoms with Crippen molar-refractivity contribution >= 4 is 57.0 Å². The summed E-state index contributed by atoms with van der Waals surface area (Å²) in [6.45, 7) is 2.55. The predicted octanol–water partition coefficient (Wildman–Crippen LogP) is 5.16. The third kappa shape index (κ3) is 5.07. The van der Waals surface area contributed by atoms with Crippen LogP contribution in [-0.2, 0) is 16.2 Å². The summed E-state index contributed by atoms with van der Waals surface area (Å²) >= 11 is 15.6. The number of rotatable bonds is 6. The summed E-state index contributed by atoms with van der Waals surface area (Å²) in [4.78, 5) is 23.1. The summed E-state index contributed by atoms with van der Waals surface area (Å²) in [5.74, 6) is 0.353. The molecule has 0 spiro atoms. The Balaban J connectivity index is 1.87. The van der Waals surface area contributed by atoms with Crippen molar-refractivity contribution in [2.45, 2.75) is 20.0 Å². The minimum absolute atomic E-state index is 0.0637. The smallest absolute Gasteiger partial charge is 0.254 e. The third-order valence-corrected chi connectivity index (χ3v) is 4.90. The summed E-state index contributed by atoms with van der Waals surface area (Å²) in [6.07, 6.45) is 1.72. The van der Waals surface area contributed by atoms with Gasteiger partial charge in [0.25, 0.3) is 5.91 Å². The first kappa shape index (κ1) is 20.7. The van der Waals surface area contributed by atoms with E-state index in [0.29, 0.717) is 43.8 Å². The summed E-state index contributed by atoms with van der Waals surface area (Å²) in [7, 11) is 0. The molecule has 0 aromatic heterocycles. The van der Waals surface area contributed by atoms with Gasteiger partial charge in [0.1, 0.15) is 6.61 Å². The molecular formula is C20H16BrCl2NO4. The van der Waals surface area contributed by atoms with E-state index in [-0.39, 0.29) is 24.8 Å². The molecule has 1 aliphatic heterocycles. The van der Waals surface area contributed by atoms with E-state index in [1.54, 1.807) is 36.4 Å². The van der Waals surface area contributed by atoms with Crippen LogP contribution in [0.4, 0.5) is 0 Å². The van der Waals surface area contributed by atoms with Crippen molar-refractivity contribution in [1.29, 1.82) is 0 Å². The number of hydrogen-bond donors (Lipinski definition) is 1. The summed E-state index contributed by atoms with van der Waals surface area (Å²) in [5.41, 5.74) is 1.94. The lowest BCUT2D eigenvalue weighted by Crippen LogP contribution is -2.19. The van der Waals surface area contributed by atoms with Crippen LogP contribution in [0.3, 0.4) is 0 Å². The first-order chi connectivity index (χ1) is 13.4. The molecule has 1 heterocycles. The highest BCUT2D eigenvalue weighted by Gasteiger charge is 2.24. The zero-order valence-electron chi connectivity index (χ0n) is 14.9. The van der Waals surface area contributed by atoms with E-state index >= 15 is 0 Å². The monoisotopic (exact) mass is 483 g/mol. The molecule has 0 aliphatic carbocycles. The lowest BCUT2D eigenvalue weighted by Gasteiger charge is -2.15. The van der Waals surface area contributed by atoms with Gasteiger partial charge in [0.05, 0.1) is 17.5 Å². The van der Waals surface area contributed by atoms with Gasteiger partial charge in [0, 0.05) is 15.6 Å². The fourth-order valence-corrected chi connectivity index (χ4v) is 3.89. The second kappa shape index (κ2) is 8.99. The van der Waals surface area contributed by atoms with Crippen LogP contribution in [0.2, 0.25) is 10.0 Å². The summed E-state index contributed by atoms with van der Waals surface area (Å²) < 4.78 is 12.3. The molecule has 2 aromatic carbocycles. The van der Waals surface area contributed by atoms with Crippen molar-refractivity contribution in [3.8, 4) is 11.5 Å². The molecule has 0 atom stereocenters. The van der Waals surface area contributed by atoms with Crippen LogP contribution in [0.5, 0.6) is 11.5 Å². The van der Waals surface area contributed by atoms with Gasteiger partial charge in [-0.25, -0.2) is 0 Å². The fraction of sp³-hybridized carbons (Fsp3) is 0.200. The number of halogens is 3. The molecule has 3 rings (SSSR count). The molecular weight excluding hydrogens is 469 g/mol. The lowest BCUT2D eigenvalue weighted by molar-refractivity contribution is -0.124. The molecule has 146 valence electrons. The quantitative estimate of drug-likeness (QED) is 0.454. The molecule has 1 N–H and O–H groups in total. The van der Waals surface area contributed by atoms with Gasteiger partial charge >= 0.3 is 0 Å². The van der Waals surface area contributed by atoms with E-state index in [2.05, 4.69) is 21.2 Å². The molecule has 8 heteroatoms. The second-order valence-electron chi connectivity index (χ2n) is 6.05. The summed E-state index contributed by atoms with van der Waals surface area (Å²) in [6, 6.07) is 8.76. The number of benzene rings is 2. The molecule has 2 aromatic rings. The Morgan fingerprint density at radius 1 is 1.11 bits per heavy atom. The first-order valence-electron chi connectivity index (χ1n) is 8.44. The molecule has 1 aliphatic rings. The van der Waals surface area contributed by atoms with Crippen molar-refractivity contribution < 1.29 is 19.1 Å². The van der Waals surface area contributed by atoms with Crippen LogP contribution in [0.1, 0.15) is 24.5 Å². The Kier molecular flexibility index (Phi) is 6.65. The van der Waals surface area contributed by atoms with Gasteiger partial charge in [-0.3, -0.25) is 14.9 Å². The minimum atomic E-state index is -0.378. The van der Waals surface area contributed by atoms with E-state index in [0.717, 1.165) is 5.56 Å². The van der Waals surface area contributed by atoms with Crippen molar-refractivity contribution in [3.05, 3.63) is 61.5 Å². The van der Waals surface area contributed by atoms with Gasteiger partial charge in [-0.1, -0.05) is 23.2 Å². The molecule has 5 nitrogen and oxygen atoms in total. The van der Waals surface area contributed by atoms with Crippen molar-refractivity contribution in [2.75, 3.05) is 6.61 Å². The topological polar surface area (TPSA) is 64.6 Å². The Hall–Kier alpha value is -2.02. The van der Waals surface area contributed by atoms with Gasteiger partial charge in [0.2, 0.25) is 5.91 Å². The molecule has 0 radical (unpaired) electrons. The van der Waals surface area contributed by atoms with Crippen LogP contribution >= 0.6 is 39.1 Å². The number of carbonyl (C=O) groups is 2. The molecule has 0 saturated carbocycles. The number of amides is 2. The normalized spacial score (nSPS) is 15.1. The highest BCUT2D eigenvalue weighted by Crippen LogP contribution is 2.38. The van der Waals surface area contributed by atoms with Crippen molar-refractivity contribution in [1.82, 2.24) is 5.32 Å². The molecule has 0 unspecified atom stereocenters. The Morgan fingerprint density at radius 3 is 2.43 bits per heavy atom. The second-order valence-corrected chi connectivity index (χ2v) is 7.78. The highest BCUT2D eigenvalue weighted by atomic mass is 79.9. The van der Waals surface area contributed by atoms with Gasteiger partial charge in [-0.15, -0.1) is 0 Å². The third-order valence-electron chi connectivity index (χ3n) is 3.87. The number of ether oxygens (including phenoxy) is 2. The van der Waals surface area contributed by atoms with Gasteiger partial charge in [0.15, 0.2) is 11.5 Å². The SMILES string of the molecule is CCOc1cc(C=C2CC(=O)NC2=O)cc(Br)c1OCc1cc(Cl)cc(Cl)c1. The fourth-order valence-electron chi connectivity index (χ4n) is 2.75.